The van der Waals surface area contributed by atoms with Gasteiger partial charge in [-0.3, -0.25) is 4.90 Å². The molecular weight excluding hydrogens is 198 g/mol. The van der Waals surface area contributed by atoms with Gasteiger partial charge >= 0.3 is 0 Å². The molecular formula is C13H17N3. The summed E-state index contributed by atoms with van der Waals surface area (Å²) in [5, 5.41) is 1.31. The third-order valence-electron chi connectivity index (χ3n) is 3.65. The molecule has 0 unspecified atom stereocenters. The summed E-state index contributed by atoms with van der Waals surface area (Å²) in [6, 6.07) is 4.91. The number of pyridine rings is 1. The number of H-pyrrole nitrogens is 1. The quantitative estimate of drug-likeness (QED) is 0.731. The van der Waals surface area contributed by atoms with Gasteiger partial charge < -0.3 is 4.98 Å². The van der Waals surface area contributed by atoms with Crippen molar-refractivity contribution in [2.24, 2.45) is 0 Å². The predicted molar refractivity (Wildman–Crippen MR) is 65.5 cm³/mol. The van der Waals surface area contributed by atoms with E-state index in [1.54, 1.807) is 0 Å². The number of aromatic amines is 1. The maximum Gasteiger partial charge on any atom is 0.138 e. The topological polar surface area (TPSA) is 31.9 Å². The summed E-state index contributed by atoms with van der Waals surface area (Å²) in [4.78, 5) is 10.4. The summed E-state index contributed by atoms with van der Waals surface area (Å²) in [6.07, 6.45) is 1.12. The highest BCUT2D eigenvalue weighted by Gasteiger charge is 2.23. The Hall–Kier alpha value is -1.35. The lowest BCUT2D eigenvalue weighted by atomic mass is 9.99. The average molecular weight is 215 g/mol. The number of nitrogens with zero attached hydrogens (tertiary/aromatic N) is 2. The molecule has 1 aliphatic heterocycles. The van der Waals surface area contributed by atoms with Gasteiger partial charge in [-0.25, -0.2) is 4.98 Å². The Balaban J connectivity index is 2.20. The molecule has 0 aromatic carbocycles. The van der Waals surface area contributed by atoms with Gasteiger partial charge in [-0.2, -0.15) is 0 Å². The van der Waals surface area contributed by atoms with Crippen molar-refractivity contribution >= 4 is 11.0 Å². The Kier molecular flexibility index (Phi) is 2.04. The van der Waals surface area contributed by atoms with Crippen LogP contribution in [0.3, 0.4) is 0 Å². The Morgan fingerprint density at radius 2 is 2.25 bits per heavy atom. The van der Waals surface area contributed by atoms with E-state index in [0.29, 0.717) is 6.04 Å². The van der Waals surface area contributed by atoms with E-state index in [9.17, 15) is 0 Å². The lowest BCUT2D eigenvalue weighted by molar-refractivity contribution is 0.229. The normalized spacial score (nSPS) is 21.3. The molecule has 1 N–H and O–H groups in total. The Labute approximate surface area is 95.5 Å². The van der Waals surface area contributed by atoms with Crippen molar-refractivity contribution in [3.8, 4) is 0 Å². The van der Waals surface area contributed by atoms with Crippen LogP contribution in [0.15, 0.2) is 12.1 Å². The molecule has 0 saturated carbocycles. The SMILES string of the molecule is Cc1ccc2c3c([nH]c2n1)CN(C)[C@@H](C)C3. The highest BCUT2D eigenvalue weighted by atomic mass is 15.1. The molecule has 0 radical (unpaired) electrons. The minimum absolute atomic E-state index is 0.618. The molecule has 84 valence electrons. The highest BCUT2D eigenvalue weighted by molar-refractivity contribution is 5.81. The molecule has 1 aliphatic rings. The summed E-state index contributed by atoms with van der Waals surface area (Å²) in [5.41, 5.74) is 4.93. The Morgan fingerprint density at radius 3 is 3.06 bits per heavy atom. The van der Waals surface area contributed by atoms with Crippen LogP contribution in [0.2, 0.25) is 0 Å². The van der Waals surface area contributed by atoms with Crippen molar-refractivity contribution in [3.63, 3.8) is 0 Å². The lowest BCUT2D eigenvalue weighted by Crippen LogP contribution is -2.34. The smallest absolute Gasteiger partial charge is 0.138 e. The standard InChI is InChI=1S/C13H17N3/c1-8-4-5-10-11-6-9(2)16(3)7-12(11)15-13(10)14-8/h4-5,9H,6-7H2,1-3H3,(H,14,15)/t9-/m0/s1. The van der Waals surface area contributed by atoms with Crippen molar-refractivity contribution in [1.29, 1.82) is 0 Å². The van der Waals surface area contributed by atoms with Crippen LogP contribution in [0.5, 0.6) is 0 Å². The summed E-state index contributed by atoms with van der Waals surface area (Å²) >= 11 is 0. The molecule has 0 spiro atoms. The molecule has 0 fully saturated rings. The second-order valence-corrected chi connectivity index (χ2v) is 4.90. The van der Waals surface area contributed by atoms with Crippen molar-refractivity contribution in [2.45, 2.75) is 32.9 Å². The molecule has 2 aromatic rings. The van der Waals surface area contributed by atoms with E-state index in [0.717, 1.165) is 24.3 Å². The zero-order valence-electron chi connectivity index (χ0n) is 10.0. The van der Waals surface area contributed by atoms with Crippen LogP contribution in [0.4, 0.5) is 0 Å². The number of likely N-dealkylation sites (N-methyl/N-ethyl adjacent to an activating group) is 1. The van der Waals surface area contributed by atoms with Gasteiger partial charge in [0.25, 0.3) is 0 Å². The van der Waals surface area contributed by atoms with E-state index >= 15 is 0 Å². The average Bonchev–Trinajstić information content (AvgIpc) is 2.55. The van der Waals surface area contributed by atoms with Gasteiger partial charge in [-0.05, 0) is 45.0 Å². The number of aromatic nitrogens is 2. The number of hydrogen-bond donors (Lipinski definition) is 1. The summed E-state index contributed by atoms with van der Waals surface area (Å²) < 4.78 is 0. The van der Waals surface area contributed by atoms with Crippen molar-refractivity contribution < 1.29 is 0 Å². The molecule has 1 atom stereocenters. The van der Waals surface area contributed by atoms with E-state index in [2.05, 4.69) is 41.0 Å². The fourth-order valence-electron chi connectivity index (χ4n) is 2.50. The van der Waals surface area contributed by atoms with Gasteiger partial charge in [-0.15, -0.1) is 0 Å². The predicted octanol–water partition coefficient (Wildman–Crippen LogP) is 2.25. The molecule has 0 amide bonds. The van der Waals surface area contributed by atoms with Gasteiger partial charge in [0.2, 0.25) is 0 Å². The Morgan fingerprint density at radius 1 is 1.44 bits per heavy atom. The molecule has 0 saturated heterocycles. The van der Waals surface area contributed by atoms with Crippen LogP contribution >= 0.6 is 0 Å². The summed E-state index contributed by atoms with van der Waals surface area (Å²) in [5.74, 6) is 0. The van der Waals surface area contributed by atoms with Crippen LogP contribution in [0.1, 0.15) is 23.9 Å². The third-order valence-corrected chi connectivity index (χ3v) is 3.65. The first-order valence-electron chi connectivity index (χ1n) is 5.82. The zero-order valence-corrected chi connectivity index (χ0v) is 10.0. The van der Waals surface area contributed by atoms with Crippen LogP contribution in [0.25, 0.3) is 11.0 Å². The molecule has 16 heavy (non-hydrogen) atoms. The number of hydrogen-bond acceptors (Lipinski definition) is 2. The lowest BCUT2D eigenvalue weighted by Gasteiger charge is -2.29. The van der Waals surface area contributed by atoms with Gasteiger partial charge in [0.15, 0.2) is 0 Å². The van der Waals surface area contributed by atoms with Gasteiger partial charge in [0.05, 0.1) is 0 Å². The molecule has 3 nitrogen and oxygen atoms in total. The fraction of sp³-hybridized carbons (Fsp3) is 0.462. The molecule has 2 aromatic heterocycles. The summed E-state index contributed by atoms with van der Waals surface area (Å²) in [7, 11) is 2.18. The van der Waals surface area contributed by atoms with E-state index in [1.807, 2.05) is 6.92 Å². The molecule has 0 bridgehead atoms. The van der Waals surface area contributed by atoms with Crippen LogP contribution in [0, 0.1) is 6.92 Å². The van der Waals surface area contributed by atoms with Gasteiger partial charge in [0.1, 0.15) is 5.65 Å². The molecule has 3 heterocycles. The fourth-order valence-corrected chi connectivity index (χ4v) is 2.50. The molecule has 3 rings (SSSR count). The zero-order chi connectivity index (χ0) is 11.3. The molecule has 0 aliphatic carbocycles. The maximum absolute atomic E-state index is 4.56. The van der Waals surface area contributed by atoms with E-state index in [-0.39, 0.29) is 0 Å². The monoisotopic (exact) mass is 215 g/mol. The largest absolute Gasteiger partial charge is 0.342 e. The van der Waals surface area contributed by atoms with E-state index in [1.165, 1.54) is 16.6 Å². The second-order valence-electron chi connectivity index (χ2n) is 4.90. The van der Waals surface area contributed by atoms with Crippen molar-refractivity contribution in [1.82, 2.24) is 14.9 Å². The number of fused-ring (bicyclic) bond motifs is 3. The minimum atomic E-state index is 0.618. The van der Waals surface area contributed by atoms with Crippen molar-refractivity contribution in [3.05, 3.63) is 29.1 Å². The van der Waals surface area contributed by atoms with Crippen molar-refractivity contribution in [2.75, 3.05) is 7.05 Å². The number of rotatable bonds is 0. The van der Waals surface area contributed by atoms with E-state index < -0.39 is 0 Å². The first-order chi connectivity index (χ1) is 7.65. The van der Waals surface area contributed by atoms with Gasteiger partial charge in [0, 0.05) is 29.4 Å². The Bertz CT molecular complexity index is 541. The molecule has 3 heteroatoms. The minimum Gasteiger partial charge on any atom is -0.342 e. The number of aryl methyl sites for hydroxylation is 1. The van der Waals surface area contributed by atoms with Crippen LogP contribution in [-0.2, 0) is 13.0 Å². The first kappa shape index (κ1) is 9.85. The van der Waals surface area contributed by atoms with E-state index in [4.69, 9.17) is 0 Å². The second kappa shape index (κ2) is 3.32. The maximum atomic E-state index is 4.56. The third kappa shape index (κ3) is 1.35. The number of nitrogens with one attached hydrogen (secondary N) is 1. The van der Waals surface area contributed by atoms with Gasteiger partial charge in [-0.1, -0.05) is 0 Å². The first-order valence-corrected chi connectivity index (χ1v) is 5.82. The highest BCUT2D eigenvalue weighted by Crippen LogP contribution is 2.28. The van der Waals surface area contributed by atoms with Crippen LogP contribution < -0.4 is 0 Å². The summed E-state index contributed by atoms with van der Waals surface area (Å²) in [6.45, 7) is 5.32. The van der Waals surface area contributed by atoms with Crippen LogP contribution in [-0.4, -0.2) is 28.0 Å².